The number of rotatable bonds is 2. The SMILES string of the molecule is Cc1ccc(C(F)(F)F)cc1NC(=O)C1CCC2C3CCC4NC(=O)CC[C@]4(C)C3CC[C@]12C. The van der Waals surface area contributed by atoms with Crippen LogP contribution in [0, 0.1) is 41.4 Å². The zero-order valence-electron chi connectivity index (χ0n) is 20.2. The number of piperidine rings is 1. The third kappa shape index (κ3) is 3.65. The van der Waals surface area contributed by atoms with Crippen molar-refractivity contribution in [3.63, 3.8) is 0 Å². The van der Waals surface area contributed by atoms with Gasteiger partial charge in [0.1, 0.15) is 0 Å². The molecule has 2 amide bonds. The zero-order chi connectivity index (χ0) is 24.5. The van der Waals surface area contributed by atoms with Crippen LogP contribution >= 0.6 is 0 Å². The van der Waals surface area contributed by atoms with Gasteiger partial charge in [0.2, 0.25) is 11.8 Å². The molecule has 5 rings (SSSR count). The molecule has 186 valence electrons. The van der Waals surface area contributed by atoms with E-state index in [0.29, 0.717) is 29.7 Å². The number of alkyl halides is 3. The summed E-state index contributed by atoms with van der Waals surface area (Å²) in [4.78, 5) is 25.4. The van der Waals surface area contributed by atoms with Crippen molar-refractivity contribution in [2.45, 2.75) is 84.4 Å². The first-order valence-electron chi connectivity index (χ1n) is 12.7. The fraction of sp³-hybridized carbons (Fsp3) is 0.704. The average Bonchev–Trinajstić information content (AvgIpc) is 3.12. The first-order chi connectivity index (χ1) is 15.9. The molecule has 34 heavy (non-hydrogen) atoms. The predicted octanol–water partition coefficient (Wildman–Crippen LogP) is 6.09. The number of benzene rings is 1. The smallest absolute Gasteiger partial charge is 0.353 e. The number of fused-ring (bicyclic) bond motifs is 5. The number of hydrogen-bond acceptors (Lipinski definition) is 2. The lowest BCUT2D eigenvalue weighted by atomic mass is 9.47. The maximum Gasteiger partial charge on any atom is 0.416 e. The highest BCUT2D eigenvalue weighted by Crippen LogP contribution is 2.65. The van der Waals surface area contributed by atoms with E-state index in [1.165, 1.54) is 6.07 Å². The summed E-state index contributed by atoms with van der Waals surface area (Å²) < 4.78 is 39.6. The van der Waals surface area contributed by atoms with Gasteiger partial charge in [-0.05, 0) is 98.1 Å². The van der Waals surface area contributed by atoms with Gasteiger partial charge >= 0.3 is 6.18 Å². The molecule has 5 unspecified atom stereocenters. The molecule has 1 aromatic rings. The number of nitrogens with one attached hydrogen (secondary N) is 2. The third-order valence-electron chi connectivity index (χ3n) is 10.2. The highest BCUT2D eigenvalue weighted by molar-refractivity contribution is 5.94. The molecule has 4 aliphatic rings. The molecule has 3 saturated carbocycles. The van der Waals surface area contributed by atoms with Crippen molar-refractivity contribution in [1.82, 2.24) is 5.32 Å². The second-order valence-electron chi connectivity index (χ2n) is 11.8. The molecule has 1 aliphatic heterocycles. The lowest BCUT2D eigenvalue weighted by Gasteiger charge is -2.60. The van der Waals surface area contributed by atoms with Crippen LogP contribution in [0.5, 0.6) is 0 Å². The summed E-state index contributed by atoms with van der Waals surface area (Å²) in [5.74, 6) is 1.38. The highest BCUT2D eigenvalue weighted by atomic mass is 19.4. The van der Waals surface area contributed by atoms with Crippen molar-refractivity contribution in [3.05, 3.63) is 29.3 Å². The van der Waals surface area contributed by atoms with E-state index in [-0.39, 0.29) is 40.3 Å². The average molecular weight is 477 g/mol. The lowest BCUT2D eigenvalue weighted by molar-refractivity contribution is -0.140. The molecule has 4 fully saturated rings. The van der Waals surface area contributed by atoms with Gasteiger partial charge in [0.25, 0.3) is 0 Å². The summed E-state index contributed by atoms with van der Waals surface area (Å²) in [7, 11) is 0. The van der Waals surface area contributed by atoms with Crippen LogP contribution in [0.15, 0.2) is 18.2 Å². The number of hydrogen-bond donors (Lipinski definition) is 2. The molecule has 3 aliphatic carbocycles. The van der Waals surface area contributed by atoms with Crippen LogP contribution in [0.2, 0.25) is 0 Å². The molecular weight excluding hydrogens is 441 g/mol. The Labute approximate surface area is 199 Å². The minimum absolute atomic E-state index is 0.119. The van der Waals surface area contributed by atoms with Crippen LogP contribution in [0.3, 0.4) is 0 Å². The van der Waals surface area contributed by atoms with Crippen LogP contribution in [-0.2, 0) is 15.8 Å². The van der Waals surface area contributed by atoms with Crippen molar-refractivity contribution < 1.29 is 22.8 Å². The van der Waals surface area contributed by atoms with Gasteiger partial charge < -0.3 is 10.6 Å². The van der Waals surface area contributed by atoms with Crippen molar-refractivity contribution >= 4 is 17.5 Å². The number of amides is 2. The van der Waals surface area contributed by atoms with E-state index >= 15 is 0 Å². The van der Waals surface area contributed by atoms with E-state index in [9.17, 15) is 22.8 Å². The highest BCUT2D eigenvalue weighted by Gasteiger charge is 2.61. The van der Waals surface area contributed by atoms with E-state index in [1.54, 1.807) is 6.92 Å². The fourth-order valence-corrected chi connectivity index (χ4v) is 8.29. The minimum atomic E-state index is -4.44. The summed E-state index contributed by atoms with van der Waals surface area (Å²) >= 11 is 0. The number of carbonyl (C=O) groups excluding carboxylic acids is 2. The summed E-state index contributed by atoms with van der Waals surface area (Å²) in [6.45, 7) is 6.32. The Kier molecular flexibility index (Phi) is 5.56. The van der Waals surface area contributed by atoms with Gasteiger partial charge in [-0.2, -0.15) is 13.2 Å². The number of halogens is 3. The van der Waals surface area contributed by atoms with E-state index in [0.717, 1.165) is 57.1 Å². The van der Waals surface area contributed by atoms with Crippen LogP contribution in [0.25, 0.3) is 0 Å². The van der Waals surface area contributed by atoms with Crippen LogP contribution in [-0.4, -0.2) is 17.9 Å². The molecule has 4 nitrogen and oxygen atoms in total. The molecule has 1 aromatic carbocycles. The molecule has 0 radical (unpaired) electrons. The maximum atomic E-state index is 13.4. The molecule has 0 bridgehead atoms. The Morgan fingerprint density at radius 3 is 2.50 bits per heavy atom. The largest absolute Gasteiger partial charge is 0.416 e. The van der Waals surface area contributed by atoms with Gasteiger partial charge in [-0.3, -0.25) is 9.59 Å². The first kappa shape index (κ1) is 23.7. The Balaban J connectivity index is 1.35. The van der Waals surface area contributed by atoms with Crippen molar-refractivity contribution in [1.29, 1.82) is 0 Å². The topological polar surface area (TPSA) is 58.2 Å². The summed E-state index contributed by atoms with van der Waals surface area (Å²) in [6.07, 6.45) is 2.94. The number of carbonyl (C=O) groups is 2. The van der Waals surface area contributed by atoms with Gasteiger partial charge in [0.05, 0.1) is 5.56 Å². The van der Waals surface area contributed by atoms with Crippen molar-refractivity contribution in [2.24, 2.45) is 34.5 Å². The molecule has 2 N–H and O–H groups in total. The van der Waals surface area contributed by atoms with Crippen LogP contribution in [0.1, 0.15) is 76.3 Å². The van der Waals surface area contributed by atoms with Gasteiger partial charge in [0, 0.05) is 24.1 Å². The molecule has 1 heterocycles. The summed E-state index contributed by atoms with van der Waals surface area (Å²) in [5, 5.41) is 6.12. The number of aryl methyl sites for hydroxylation is 1. The van der Waals surface area contributed by atoms with Crippen LogP contribution in [0.4, 0.5) is 18.9 Å². The van der Waals surface area contributed by atoms with Gasteiger partial charge in [0.15, 0.2) is 0 Å². The molecule has 0 aromatic heterocycles. The quantitative estimate of drug-likeness (QED) is 0.543. The normalized spacial score (nSPS) is 39.5. The zero-order valence-corrected chi connectivity index (χ0v) is 20.2. The second-order valence-corrected chi connectivity index (χ2v) is 11.8. The molecule has 1 saturated heterocycles. The van der Waals surface area contributed by atoms with E-state index in [2.05, 4.69) is 24.5 Å². The lowest BCUT2D eigenvalue weighted by Crippen LogP contribution is -2.61. The standard InChI is InChI=1S/C27H35F3N2O2/c1-15-4-5-16(27(28,29)30)14-21(15)31-24(34)20-8-7-18-17-6-9-22-26(3,13-11-23(33)32-22)19(17)10-12-25(18,20)2/h4-5,14,17-20,22H,6-13H2,1-3H3,(H,31,34)(H,32,33)/t17?,18?,19?,20?,22?,25-,26+/m0/s1. The van der Waals surface area contributed by atoms with Gasteiger partial charge in [-0.15, -0.1) is 0 Å². The summed E-state index contributed by atoms with van der Waals surface area (Å²) in [6, 6.07) is 3.79. The first-order valence-corrected chi connectivity index (χ1v) is 12.7. The van der Waals surface area contributed by atoms with E-state index < -0.39 is 11.7 Å². The monoisotopic (exact) mass is 476 g/mol. The number of anilines is 1. The molecule has 0 spiro atoms. The summed E-state index contributed by atoms with van der Waals surface area (Å²) in [5.41, 5.74) is 0.131. The minimum Gasteiger partial charge on any atom is -0.353 e. The Hall–Kier alpha value is -2.05. The van der Waals surface area contributed by atoms with E-state index in [4.69, 9.17) is 0 Å². The van der Waals surface area contributed by atoms with Crippen molar-refractivity contribution in [3.8, 4) is 0 Å². The van der Waals surface area contributed by atoms with Gasteiger partial charge in [-0.1, -0.05) is 19.9 Å². The van der Waals surface area contributed by atoms with Gasteiger partial charge in [-0.25, -0.2) is 0 Å². The molecular formula is C27H35F3N2O2. The Morgan fingerprint density at radius 1 is 1.03 bits per heavy atom. The predicted molar refractivity (Wildman–Crippen MR) is 124 cm³/mol. The third-order valence-corrected chi connectivity index (χ3v) is 10.2. The van der Waals surface area contributed by atoms with Crippen molar-refractivity contribution in [2.75, 3.05) is 5.32 Å². The maximum absolute atomic E-state index is 13.4. The fourth-order valence-electron chi connectivity index (χ4n) is 8.29. The second kappa shape index (κ2) is 7.99. The van der Waals surface area contributed by atoms with E-state index in [1.807, 2.05) is 0 Å². The Morgan fingerprint density at radius 2 is 1.76 bits per heavy atom. The molecule has 7 heteroatoms. The molecule has 7 atom stereocenters. The Bertz CT molecular complexity index is 1010. The van der Waals surface area contributed by atoms with Crippen LogP contribution < -0.4 is 10.6 Å².